The second kappa shape index (κ2) is 6.16. The Balaban J connectivity index is 1.68. The first-order valence-electron chi connectivity index (χ1n) is 7.36. The Morgan fingerprint density at radius 1 is 1.30 bits per heavy atom. The molecule has 1 amide bonds. The zero-order valence-corrected chi connectivity index (χ0v) is 13.2. The summed E-state index contributed by atoms with van der Waals surface area (Å²) in [6, 6.07) is 7.91. The van der Waals surface area contributed by atoms with Gasteiger partial charge in [-0.15, -0.1) is 0 Å². The van der Waals surface area contributed by atoms with Crippen LogP contribution in [0.3, 0.4) is 0 Å². The van der Waals surface area contributed by atoms with Crippen LogP contribution in [-0.4, -0.2) is 30.4 Å². The zero-order chi connectivity index (χ0) is 16.4. The van der Waals surface area contributed by atoms with Gasteiger partial charge in [-0.3, -0.25) is 4.79 Å². The first kappa shape index (κ1) is 15.7. The number of hydrogen-bond donors (Lipinski definition) is 1. The van der Waals surface area contributed by atoms with Crippen molar-refractivity contribution in [1.82, 2.24) is 4.57 Å². The molecule has 7 heteroatoms. The van der Waals surface area contributed by atoms with Crippen LogP contribution in [0.25, 0.3) is 5.69 Å². The van der Waals surface area contributed by atoms with Crippen LogP contribution >= 0.6 is 0 Å². The molecule has 3 rings (SSSR count). The number of aromatic nitrogens is 1. The van der Waals surface area contributed by atoms with Crippen molar-refractivity contribution in [2.45, 2.75) is 12.8 Å². The molecule has 122 valence electrons. The fourth-order valence-corrected chi connectivity index (χ4v) is 4.65. The van der Waals surface area contributed by atoms with Crippen LogP contribution in [0.15, 0.2) is 42.7 Å². The molecule has 1 atom stereocenters. The van der Waals surface area contributed by atoms with Crippen LogP contribution in [-0.2, 0) is 14.6 Å². The quantitative estimate of drug-likeness (QED) is 0.932. The van der Waals surface area contributed by atoms with Gasteiger partial charge in [0.1, 0.15) is 5.82 Å². The first-order chi connectivity index (χ1) is 10.9. The SMILES string of the molecule is O=C(C[C@H]1CCS(=O)(=O)C1)Nc1ccc(F)c(-n2cccc2)c1. The summed E-state index contributed by atoms with van der Waals surface area (Å²) in [6.45, 7) is 0. The van der Waals surface area contributed by atoms with Crippen LogP contribution in [0.1, 0.15) is 12.8 Å². The topological polar surface area (TPSA) is 68.2 Å². The summed E-state index contributed by atoms with van der Waals surface area (Å²) in [5.74, 6) is -0.555. The average Bonchev–Trinajstić information content (AvgIpc) is 3.11. The van der Waals surface area contributed by atoms with E-state index in [4.69, 9.17) is 0 Å². The van der Waals surface area contributed by atoms with Gasteiger partial charge in [0.05, 0.1) is 17.2 Å². The highest BCUT2D eigenvalue weighted by Gasteiger charge is 2.29. The van der Waals surface area contributed by atoms with Crippen LogP contribution < -0.4 is 5.32 Å². The van der Waals surface area contributed by atoms with E-state index in [-0.39, 0.29) is 35.6 Å². The Morgan fingerprint density at radius 3 is 2.70 bits per heavy atom. The molecule has 1 N–H and O–H groups in total. The third-order valence-corrected chi connectivity index (χ3v) is 5.75. The molecule has 0 aliphatic carbocycles. The van der Waals surface area contributed by atoms with Gasteiger partial charge in [0.25, 0.3) is 0 Å². The highest BCUT2D eigenvalue weighted by molar-refractivity contribution is 7.91. The van der Waals surface area contributed by atoms with Gasteiger partial charge >= 0.3 is 0 Å². The fourth-order valence-electron chi connectivity index (χ4n) is 2.79. The van der Waals surface area contributed by atoms with Gasteiger partial charge in [-0.25, -0.2) is 12.8 Å². The van der Waals surface area contributed by atoms with Crippen molar-refractivity contribution < 1.29 is 17.6 Å². The maximum atomic E-state index is 13.9. The molecule has 0 saturated carbocycles. The lowest BCUT2D eigenvalue weighted by molar-refractivity contribution is -0.116. The van der Waals surface area contributed by atoms with Crippen molar-refractivity contribution in [2.75, 3.05) is 16.8 Å². The van der Waals surface area contributed by atoms with Crippen molar-refractivity contribution in [2.24, 2.45) is 5.92 Å². The Labute approximate surface area is 134 Å². The van der Waals surface area contributed by atoms with Gasteiger partial charge in [-0.05, 0) is 42.7 Å². The van der Waals surface area contributed by atoms with E-state index in [2.05, 4.69) is 5.32 Å². The summed E-state index contributed by atoms with van der Waals surface area (Å²) < 4.78 is 38.3. The van der Waals surface area contributed by atoms with E-state index in [0.717, 1.165) is 0 Å². The summed E-state index contributed by atoms with van der Waals surface area (Å²) in [6.07, 6.45) is 4.12. The van der Waals surface area contributed by atoms with E-state index in [1.807, 2.05) is 0 Å². The molecule has 0 radical (unpaired) electrons. The molecule has 1 aliphatic heterocycles. The average molecular weight is 336 g/mol. The molecule has 23 heavy (non-hydrogen) atoms. The van der Waals surface area contributed by atoms with Crippen molar-refractivity contribution in [3.8, 4) is 5.69 Å². The molecule has 1 saturated heterocycles. The smallest absolute Gasteiger partial charge is 0.224 e. The van der Waals surface area contributed by atoms with Crippen LogP contribution in [0.4, 0.5) is 10.1 Å². The summed E-state index contributed by atoms with van der Waals surface area (Å²) >= 11 is 0. The maximum absolute atomic E-state index is 13.9. The predicted molar refractivity (Wildman–Crippen MR) is 85.7 cm³/mol. The second-order valence-corrected chi connectivity index (χ2v) is 8.01. The third kappa shape index (κ3) is 3.79. The Bertz CT molecular complexity index is 816. The highest BCUT2D eigenvalue weighted by Crippen LogP contribution is 2.23. The molecule has 1 aromatic carbocycles. The Kier molecular flexibility index (Phi) is 4.21. The normalized spacial score (nSPS) is 19.6. The molecule has 5 nitrogen and oxygen atoms in total. The van der Waals surface area contributed by atoms with Crippen molar-refractivity contribution >= 4 is 21.4 Å². The molecule has 1 fully saturated rings. The molecule has 1 aromatic heterocycles. The maximum Gasteiger partial charge on any atom is 0.224 e. The van der Waals surface area contributed by atoms with E-state index < -0.39 is 9.84 Å². The van der Waals surface area contributed by atoms with Crippen molar-refractivity contribution in [3.05, 3.63) is 48.5 Å². The third-order valence-electron chi connectivity index (χ3n) is 3.91. The van der Waals surface area contributed by atoms with Gasteiger partial charge in [-0.1, -0.05) is 0 Å². The number of rotatable bonds is 4. The minimum Gasteiger partial charge on any atom is -0.326 e. The zero-order valence-electron chi connectivity index (χ0n) is 12.4. The van der Waals surface area contributed by atoms with Gasteiger partial charge in [-0.2, -0.15) is 0 Å². The van der Waals surface area contributed by atoms with Crippen LogP contribution in [0.5, 0.6) is 0 Å². The van der Waals surface area contributed by atoms with Gasteiger partial charge < -0.3 is 9.88 Å². The number of halogens is 1. The van der Waals surface area contributed by atoms with E-state index in [1.54, 1.807) is 35.2 Å². The lowest BCUT2D eigenvalue weighted by Gasteiger charge is -2.11. The summed E-state index contributed by atoms with van der Waals surface area (Å²) in [4.78, 5) is 12.1. The molecule has 2 heterocycles. The molecule has 0 bridgehead atoms. The summed E-state index contributed by atoms with van der Waals surface area (Å²) in [5.41, 5.74) is 0.831. The van der Waals surface area contributed by atoms with Crippen molar-refractivity contribution in [3.63, 3.8) is 0 Å². The summed E-state index contributed by atoms with van der Waals surface area (Å²) in [7, 11) is -2.99. The van der Waals surface area contributed by atoms with Gasteiger partial charge in [0.15, 0.2) is 9.84 Å². The lowest BCUT2D eigenvalue weighted by atomic mass is 10.0. The van der Waals surface area contributed by atoms with E-state index in [1.165, 1.54) is 12.1 Å². The molecular weight excluding hydrogens is 319 g/mol. The number of benzene rings is 1. The van der Waals surface area contributed by atoms with E-state index in [0.29, 0.717) is 17.8 Å². The number of amides is 1. The molecule has 0 spiro atoms. The number of nitrogens with zero attached hydrogens (tertiary/aromatic N) is 1. The van der Waals surface area contributed by atoms with Crippen molar-refractivity contribution in [1.29, 1.82) is 0 Å². The second-order valence-electron chi connectivity index (χ2n) is 5.78. The van der Waals surface area contributed by atoms with E-state index >= 15 is 0 Å². The lowest BCUT2D eigenvalue weighted by Crippen LogP contribution is -2.17. The number of nitrogens with one attached hydrogen (secondary N) is 1. The first-order valence-corrected chi connectivity index (χ1v) is 9.18. The highest BCUT2D eigenvalue weighted by atomic mass is 32.2. The minimum absolute atomic E-state index is 0.0679. The number of carbonyl (C=O) groups is 1. The standard InChI is InChI=1S/C16H17FN2O3S/c17-14-4-3-13(10-15(14)19-6-1-2-7-19)18-16(20)9-12-5-8-23(21,22)11-12/h1-4,6-7,10,12H,5,8-9,11H2,(H,18,20)/t12-/m1/s1. The molecule has 1 aliphatic rings. The summed E-state index contributed by atoms with van der Waals surface area (Å²) in [5, 5.41) is 2.71. The number of carbonyl (C=O) groups excluding carboxylic acids is 1. The van der Waals surface area contributed by atoms with Crippen LogP contribution in [0, 0.1) is 11.7 Å². The number of sulfone groups is 1. The molecular formula is C16H17FN2O3S. The van der Waals surface area contributed by atoms with Gasteiger partial charge in [0, 0.05) is 24.5 Å². The number of anilines is 1. The molecule has 0 unspecified atom stereocenters. The monoisotopic (exact) mass is 336 g/mol. The minimum atomic E-state index is -2.99. The molecule has 2 aromatic rings. The Morgan fingerprint density at radius 2 is 2.04 bits per heavy atom. The van der Waals surface area contributed by atoms with Crippen LogP contribution in [0.2, 0.25) is 0 Å². The van der Waals surface area contributed by atoms with Gasteiger partial charge in [0.2, 0.25) is 5.91 Å². The fraction of sp³-hybridized carbons (Fsp3) is 0.312. The van der Waals surface area contributed by atoms with E-state index in [9.17, 15) is 17.6 Å². The number of hydrogen-bond acceptors (Lipinski definition) is 3. The predicted octanol–water partition coefficient (Wildman–Crippen LogP) is 2.38. The largest absolute Gasteiger partial charge is 0.326 e. The Hall–Kier alpha value is -2.15.